The van der Waals surface area contributed by atoms with Gasteiger partial charge in [-0.25, -0.2) is 13.6 Å². The number of nitro groups is 1. The van der Waals surface area contributed by atoms with Gasteiger partial charge in [0.25, 0.3) is 5.69 Å². The number of hydrogen-bond donors (Lipinski definition) is 0. The third-order valence-corrected chi connectivity index (χ3v) is 4.24. The molecule has 0 spiro atoms. The Labute approximate surface area is 151 Å². The smallest absolute Gasteiger partial charge is 0.258 e. The summed E-state index contributed by atoms with van der Waals surface area (Å²) in [7, 11) is 0. The molecule has 0 fully saturated rings. The van der Waals surface area contributed by atoms with E-state index in [-0.39, 0.29) is 12.2 Å². The highest BCUT2D eigenvalue weighted by molar-refractivity contribution is 5.41. The van der Waals surface area contributed by atoms with Crippen LogP contribution in [0.5, 0.6) is 0 Å². The van der Waals surface area contributed by atoms with Crippen LogP contribution in [0.2, 0.25) is 0 Å². The largest absolute Gasteiger partial charge is 0.364 e. The van der Waals surface area contributed by atoms with E-state index >= 15 is 0 Å². The summed E-state index contributed by atoms with van der Waals surface area (Å²) in [5, 5.41) is 18.5. The van der Waals surface area contributed by atoms with Gasteiger partial charge in [0, 0.05) is 11.6 Å². The Hall–Kier alpha value is -3.43. The fraction of sp³-hybridized carbons (Fsp3) is 0.235. The van der Waals surface area contributed by atoms with Gasteiger partial charge in [-0.3, -0.25) is 10.1 Å². The van der Waals surface area contributed by atoms with Crippen molar-refractivity contribution in [2.45, 2.75) is 26.4 Å². The molecule has 1 heterocycles. The Morgan fingerprint density at radius 1 is 1.15 bits per heavy atom. The summed E-state index contributed by atoms with van der Waals surface area (Å²) in [5.41, 5.74) is 0.931. The maximum Gasteiger partial charge on any atom is 0.364 e. The molecule has 10 heteroatoms. The first-order valence-electron chi connectivity index (χ1n) is 7.99. The van der Waals surface area contributed by atoms with Gasteiger partial charge in [-0.05, 0) is 53.6 Å². The monoisotopic (exact) mass is 375 g/mol. The van der Waals surface area contributed by atoms with Crippen LogP contribution < -0.4 is 5.69 Å². The fourth-order valence-electron chi connectivity index (χ4n) is 2.74. The van der Waals surface area contributed by atoms with Crippen LogP contribution >= 0.6 is 0 Å². The quantitative estimate of drug-likeness (QED) is 0.504. The van der Waals surface area contributed by atoms with Gasteiger partial charge >= 0.3 is 5.69 Å². The summed E-state index contributed by atoms with van der Waals surface area (Å²) in [6.07, 6.45) is 0. The Morgan fingerprint density at radius 3 is 2.52 bits per heavy atom. The second kappa shape index (κ2) is 7.06. The number of nitrogens with zero attached hydrogens (tertiary/aromatic N) is 5. The summed E-state index contributed by atoms with van der Waals surface area (Å²) >= 11 is 0. The number of halogens is 2. The Bertz CT molecular complexity index is 1080. The number of aryl methyl sites for hydroxylation is 1. The lowest BCUT2D eigenvalue weighted by Gasteiger charge is -2.10. The molecule has 0 aliphatic carbocycles. The molecule has 140 valence electrons. The summed E-state index contributed by atoms with van der Waals surface area (Å²) in [4.78, 5) is 22.9. The van der Waals surface area contributed by atoms with Gasteiger partial charge in [0.2, 0.25) is 0 Å². The van der Waals surface area contributed by atoms with Gasteiger partial charge in [0.1, 0.15) is 0 Å². The lowest BCUT2D eigenvalue weighted by atomic mass is 10.1. The highest BCUT2D eigenvalue weighted by atomic mass is 19.2. The van der Waals surface area contributed by atoms with Crippen LogP contribution in [0.3, 0.4) is 0 Å². The number of hydrogen-bond acceptors (Lipinski definition) is 5. The van der Waals surface area contributed by atoms with Crippen molar-refractivity contribution in [3.8, 4) is 0 Å². The van der Waals surface area contributed by atoms with Crippen LogP contribution in [-0.2, 0) is 6.54 Å². The molecule has 0 N–H and O–H groups in total. The second-order valence-electron chi connectivity index (χ2n) is 6.09. The van der Waals surface area contributed by atoms with Crippen molar-refractivity contribution in [1.29, 1.82) is 0 Å². The van der Waals surface area contributed by atoms with E-state index in [1.807, 2.05) is 0 Å². The van der Waals surface area contributed by atoms with Crippen molar-refractivity contribution < 1.29 is 13.7 Å². The Morgan fingerprint density at radius 2 is 1.89 bits per heavy atom. The first kappa shape index (κ1) is 18.4. The minimum absolute atomic E-state index is 0.0123. The molecule has 1 aromatic heterocycles. The van der Waals surface area contributed by atoms with Crippen molar-refractivity contribution in [2.24, 2.45) is 0 Å². The third kappa shape index (κ3) is 3.59. The molecule has 0 aliphatic heterocycles. The number of nitro benzene ring substituents is 1. The fourth-order valence-corrected chi connectivity index (χ4v) is 2.74. The molecule has 0 radical (unpaired) electrons. The molecule has 2 aromatic carbocycles. The molecule has 1 unspecified atom stereocenters. The molecular formula is C17H15F2N5O3. The summed E-state index contributed by atoms with van der Waals surface area (Å²) in [6.45, 7) is 3.29. The van der Waals surface area contributed by atoms with Gasteiger partial charge in [0.15, 0.2) is 11.6 Å². The van der Waals surface area contributed by atoms with E-state index in [4.69, 9.17) is 0 Å². The average Bonchev–Trinajstić information content (AvgIpc) is 2.97. The number of benzene rings is 2. The second-order valence-corrected chi connectivity index (χ2v) is 6.09. The van der Waals surface area contributed by atoms with E-state index in [0.29, 0.717) is 16.7 Å². The van der Waals surface area contributed by atoms with Crippen LogP contribution in [0.25, 0.3) is 0 Å². The van der Waals surface area contributed by atoms with Crippen molar-refractivity contribution in [1.82, 2.24) is 19.8 Å². The molecule has 0 saturated carbocycles. The van der Waals surface area contributed by atoms with Gasteiger partial charge in [-0.1, -0.05) is 12.1 Å². The van der Waals surface area contributed by atoms with Gasteiger partial charge < -0.3 is 0 Å². The number of aromatic nitrogens is 4. The molecular weight excluding hydrogens is 360 g/mol. The first-order valence-corrected chi connectivity index (χ1v) is 7.99. The van der Waals surface area contributed by atoms with E-state index in [1.54, 1.807) is 19.9 Å². The molecule has 1 atom stereocenters. The van der Waals surface area contributed by atoms with E-state index in [9.17, 15) is 23.7 Å². The molecule has 8 nitrogen and oxygen atoms in total. The molecule has 3 aromatic rings. The predicted octanol–water partition coefficient (Wildman–Crippen LogP) is 2.59. The Balaban J connectivity index is 1.87. The molecule has 27 heavy (non-hydrogen) atoms. The van der Waals surface area contributed by atoms with Crippen molar-refractivity contribution in [2.75, 3.05) is 0 Å². The average molecular weight is 375 g/mol. The summed E-state index contributed by atoms with van der Waals surface area (Å²) in [5.74, 6) is -1.99. The lowest BCUT2D eigenvalue weighted by Crippen LogP contribution is -2.28. The maximum atomic E-state index is 13.4. The minimum atomic E-state index is -1.01. The topological polar surface area (TPSA) is 95.8 Å². The normalized spacial score (nSPS) is 12.1. The van der Waals surface area contributed by atoms with Gasteiger partial charge in [0.05, 0.1) is 17.5 Å². The van der Waals surface area contributed by atoms with Crippen molar-refractivity contribution >= 4 is 5.69 Å². The maximum absolute atomic E-state index is 13.4. The zero-order valence-corrected chi connectivity index (χ0v) is 14.5. The Kier molecular flexibility index (Phi) is 4.80. The molecule has 0 bridgehead atoms. The standard InChI is InChI=1S/C17H15F2N5O3/c1-10-7-12(3-6-16(10)24(26)27)9-22-17(25)23(21-20-22)11(2)13-4-5-14(18)15(19)8-13/h3-8,11H,9H2,1-2H3. The number of tetrazole rings is 1. The van der Waals surface area contributed by atoms with Gasteiger partial charge in [-0.2, -0.15) is 9.36 Å². The SMILES string of the molecule is Cc1cc(Cn2nnn(C(C)c3ccc(F)c(F)c3)c2=O)ccc1[N+](=O)[O-]. The number of rotatable bonds is 5. The summed E-state index contributed by atoms with van der Waals surface area (Å²) in [6, 6.07) is 7.21. The van der Waals surface area contributed by atoms with Crippen molar-refractivity contribution in [3.63, 3.8) is 0 Å². The minimum Gasteiger partial charge on any atom is -0.258 e. The van der Waals surface area contributed by atoms with E-state index < -0.39 is 28.3 Å². The molecule has 3 rings (SSSR count). The zero-order valence-electron chi connectivity index (χ0n) is 14.5. The van der Waals surface area contributed by atoms with E-state index in [2.05, 4.69) is 10.4 Å². The highest BCUT2D eigenvalue weighted by Gasteiger charge is 2.18. The van der Waals surface area contributed by atoms with Crippen LogP contribution in [-0.4, -0.2) is 24.7 Å². The molecule has 0 saturated heterocycles. The van der Waals surface area contributed by atoms with Gasteiger partial charge in [-0.15, -0.1) is 0 Å². The van der Waals surface area contributed by atoms with Crippen LogP contribution in [0.4, 0.5) is 14.5 Å². The van der Waals surface area contributed by atoms with Crippen LogP contribution in [0.15, 0.2) is 41.2 Å². The van der Waals surface area contributed by atoms with Crippen LogP contribution in [0.1, 0.15) is 29.7 Å². The first-order chi connectivity index (χ1) is 12.8. The van der Waals surface area contributed by atoms with Crippen LogP contribution in [0, 0.1) is 28.7 Å². The molecule has 0 aliphatic rings. The summed E-state index contributed by atoms with van der Waals surface area (Å²) < 4.78 is 28.7. The molecule has 0 amide bonds. The van der Waals surface area contributed by atoms with Crippen molar-refractivity contribution in [3.05, 3.63) is 85.3 Å². The van der Waals surface area contributed by atoms with E-state index in [1.165, 1.54) is 18.2 Å². The zero-order chi connectivity index (χ0) is 19.7. The van der Waals surface area contributed by atoms with E-state index in [0.717, 1.165) is 21.5 Å². The highest BCUT2D eigenvalue weighted by Crippen LogP contribution is 2.20. The predicted molar refractivity (Wildman–Crippen MR) is 91.4 cm³/mol. The lowest BCUT2D eigenvalue weighted by molar-refractivity contribution is -0.385. The third-order valence-electron chi connectivity index (χ3n) is 4.24.